The first-order chi connectivity index (χ1) is 8.99. The molecule has 5 nitrogen and oxygen atoms in total. The van der Waals surface area contributed by atoms with Crippen LogP contribution in [0.15, 0.2) is 18.2 Å². The Labute approximate surface area is 115 Å². The van der Waals surface area contributed by atoms with E-state index in [-0.39, 0.29) is 11.5 Å². The number of aromatic nitrogens is 2. The molecule has 0 amide bonds. The normalized spacial score (nSPS) is 10.7. The lowest BCUT2D eigenvalue weighted by Crippen LogP contribution is -2.01. The van der Waals surface area contributed by atoms with Crippen LogP contribution >= 0.6 is 11.5 Å². The number of aromatic carboxylic acids is 1. The molecule has 0 atom stereocenters. The van der Waals surface area contributed by atoms with Crippen LogP contribution in [0.1, 0.15) is 41.5 Å². The maximum absolute atomic E-state index is 11.2. The number of carboxylic acids is 1. The maximum atomic E-state index is 11.2. The Hall–Kier alpha value is -1.95. The van der Waals surface area contributed by atoms with Crippen LogP contribution < -0.4 is 4.74 Å². The number of rotatable bonds is 4. The van der Waals surface area contributed by atoms with Gasteiger partial charge in [0.2, 0.25) is 0 Å². The zero-order valence-corrected chi connectivity index (χ0v) is 11.7. The second kappa shape index (κ2) is 5.36. The Bertz CT molecular complexity index is 608. The first-order valence-corrected chi connectivity index (χ1v) is 6.60. The Morgan fingerprint density at radius 2 is 2.16 bits per heavy atom. The zero-order valence-electron chi connectivity index (χ0n) is 10.9. The van der Waals surface area contributed by atoms with Crippen molar-refractivity contribution >= 4 is 17.5 Å². The van der Waals surface area contributed by atoms with Gasteiger partial charge in [0.25, 0.3) is 5.19 Å². The standard InChI is InChI=1S/C13H14N2O3S/c1-7(2)11-14-13(19-15-11)18-10-8(3)5-4-6-9(10)12(16)17/h4-7H,1-3H3,(H,16,17). The Balaban J connectivity index is 2.34. The largest absolute Gasteiger partial charge is 0.478 e. The molecule has 0 aliphatic carbocycles. The van der Waals surface area contributed by atoms with Crippen LogP contribution in [-0.2, 0) is 0 Å². The smallest absolute Gasteiger partial charge is 0.339 e. The molecule has 0 aliphatic heterocycles. The van der Waals surface area contributed by atoms with Crippen molar-refractivity contribution in [2.45, 2.75) is 26.7 Å². The third-order valence-electron chi connectivity index (χ3n) is 2.57. The summed E-state index contributed by atoms with van der Waals surface area (Å²) in [5.41, 5.74) is 0.877. The Kier molecular flexibility index (Phi) is 3.80. The summed E-state index contributed by atoms with van der Waals surface area (Å²) < 4.78 is 9.77. The summed E-state index contributed by atoms with van der Waals surface area (Å²) in [6, 6.07) is 4.99. The number of carboxylic acid groups (broad SMARTS) is 1. The molecule has 1 aromatic carbocycles. The molecule has 2 rings (SSSR count). The lowest BCUT2D eigenvalue weighted by molar-refractivity contribution is 0.0694. The fourth-order valence-corrected chi connectivity index (χ4v) is 2.22. The number of nitrogens with zero attached hydrogens (tertiary/aromatic N) is 2. The molecule has 19 heavy (non-hydrogen) atoms. The van der Waals surface area contributed by atoms with E-state index in [0.29, 0.717) is 16.8 Å². The van der Waals surface area contributed by atoms with Crippen LogP contribution in [0.4, 0.5) is 0 Å². The minimum atomic E-state index is -1.02. The van der Waals surface area contributed by atoms with Gasteiger partial charge in [-0.2, -0.15) is 9.36 Å². The molecule has 0 radical (unpaired) electrons. The van der Waals surface area contributed by atoms with Crippen LogP contribution in [0, 0.1) is 6.92 Å². The van der Waals surface area contributed by atoms with E-state index in [4.69, 9.17) is 9.84 Å². The van der Waals surface area contributed by atoms with Crippen molar-refractivity contribution in [3.63, 3.8) is 0 Å². The molecule has 0 saturated carbocycles. The van der Waals surface area contributed by atoms with E-state index in [2.05, 4.69) is 9.36 Å². The summed E-state index contributed by atoms with van der Waals surface area (Å²) in [5, 5.41) is 9.51. The number of aryl methyl sites for hydroxylation is 1. The van der Waals surface area contributed by atoms with Crippen LogP contribution in [0.25, 0.3) is 0 Å². The zero-order chi connectivity index (χ0) is 14.0. The molecule has 0 aliphatic rings. The van der Waals surface area contributed by atoms with Crippen molar-refractivity contribution in [2.24, 2.45) is 0 Å². The van der Waals surface area contributed by atoms with Crippen molar-refractivity contribution in [2.75, 3.05) is 0 Å². The second-order valence-corrected chi connectivity index (χ2v) is 5.15. The van der Waals surface area contributed by atoms with Gasteiger partial charge in [0.15, 0.2) is 0 Å². The van der Waals surface area contributed by atoms with Gasteiger partial charge in [-0.1, -0.05) is 26.0 Å². The van der Waals surface area contributed by atoms with Crippen LogP contribution in [0.2, 0.25) is 0 Å². The van der Waals surface area contributed by atoms with Crippen LogP contribution in [-0.4, -0.2) is 20.4 Å². The van der Waals surface area contributed by atoms with Gasteiger partial charge in [-0.15, -0.1) is 0 Å². The molecular formula is C13H14N2O3S. The maximum Gasteiger partial charge on any atom is 0.339 e. The van der Waals surface area contributed by atoms with Gasteiger partial charge >= 0.3 is 5.97 Å². The molecule has 6 heteroatoms. The highest BCUT2D eigenvalue weighted by atomic mass is 32.1. The molecule has 0 spiro atoms. The monoisotopic (exact) mass is 278 g/mol. The van der Waals surface area contributed by atoms with E-state index in [1.165, 1.54) is 6.07 Å². The van der Waals surface area contributed by atoms with E-state index in [1.807, 2.05) is 13.8 Å². The van der Waals surface area contributed by atoms with E-state index < -0.39 is 5.97 Å². The molecule has 1 N–H and O–H groups in total. The topological polar surface area (TPSA) is 72.3 Å². The fourth-order valence-electron chi connectivity index (χ4n) is 1.54. The average molecular weight is 278 g/mol. The summed E-state index contributed by atoms with van der Waals surface area (Å²) in [6.45, 7) is 5.77. The first-order valence-electron chi connectivity index (χ1n) is 5.83. The molecule has 2 aromatic rings. The van der Waals surface area contributed by atoms with Crippen molar-refractivity contribution in [3.05, 3.63) is 35.2 Å². The lowest BCUT2D eigenvalue weighted by Gasteiger charge is -2.08. The third kappa shape index (κ3) is 2.90. The summed E-state index contributed by atoms with van der Waals surface area (Å²) in [6.07, 6.45) is 0. The highest BCUT2D eigenvalue weighted by Crippen LogP contribution is 2.30. The number of hydrogen-bond donors (Lipinski definition) is 1. The van der Waals surface area contributed by atoms with Gasteiger partial charge < -0.3 is 9.84 Å². The van der Waals surface area contributed by atoms with E-state index in [9.17, 15) is 4.79 Å². The lowest BCUT2D eigenvalue weighted by atomic mass is 10.1. The fraction of sp³-hybridized carbons (Fsp3) is 0.308. The first kappa shape index (κ1) is 13.5. The van der Waals surface area contributed by atoms with E-state index in [1.54, 1.807) is 19.1 Å². The number of para-hydroxylation sites is 1. The molecular weight excluding hydrogens is 264 g/mol. The van der Waals surface area contributed by atoms with Crippen molar-refractivity contribution in [3.8, 4) is 10.9 Å². The minimum absolute atomic E-state index is 0.126. The number of carbonyl (C=O) groups is 1. The SMILES string of the molecule is Cc1cccc(C(=O)O)c1Oc1nc(C(C)C)ns1. The number of benzene rings is 1. The summed E-state index contributed by atoms with van der Waals surface area (Å²) in [4.78, 5) is 15.4. The Morgan fingerprint density at radius 3 is 2.74 bits per heavy atom. The van der Waals surface area contributed by atoms with Gasteiger partial charge in [-0.3, -0.25) is 0 Å². The minimum Gasteiger partial charge on any atom is -0.478 e. The molecule has 1 aromatic heterocycles. The van der Waals surface area contributed by atoms with Gasteiger partial charge in [0, 0.05) is 17.5 Å². The Morgan fingerprint density at radius 1 is 1.42 bits per heavy atom. The number of ether oxygens (including phenoxy) is 1. The molecule has 0 saturated heterocycles. The molecule has 0 fully saturated rings. The van der Waals surface area contributed by atoms with Crippen molar-refractivity contribution in [1.82, 2.24) is 9.36 Å². The predicted molar refractivity (Wildman–Crippen MR) is 72.2 cm³/mol. The highest BCUT2D eigenvalue weighted by molar-refractivity contribution is 7.07. The highest BCUT2D eigenvalue weighted by Gasteiger charge is 2.16. The molecule has 0 unspecified atom stereocenters. The predicted octanol–water partition coefficient (Wildman–Crippen LogP) is 3.46. The average Bonchev–Trinajstić information content (AvgIpc) is 2.80. The summed E-state index contributed by atoms with van der Waals surface area (Å²) in [7, 11) is 0. The van der Waals surface area contributed by atoms with E-state index in [0.717, 1.165) is 17.1 Å². The van der Waals surface area contributed by atoms with E-state index >= 15 is 0 Å². The van der Waals surface area contributed by atoms with Crippen molar-refractivity contribution in [1.29, 1.82) is 0 Å². The van der Waals surface area contributed by atoms with Crippen LogP contribution in [0.3, 0.4) is 0 Å². The summed E-state index contributed by atoms with van der Waals surface area (Å²) >= 11 is 1.13. The molecule has 0 bridgehead atoms. The van der Waals surface area contributed by atoms with Gasteiger partial charge in [-0.05, 0) is 18.6 Å². The summed E-state index contributed by atoms with van der Waals surface area (Å²) in [5.74, 6) is 0.212. The van der Waals surface area contributed by atoms with Crippen LogP contribution in [0.5, 0.6) is 10.9 Å². The quantitative estimate of drug-likeness (QED) is 0.927. The molecule has 1 heterocycles. The molecule has 100 valence electrons. The third-order valence-corrected chi connectivity index (χ3v) is 3.18. The van der Waals surface area contributed by atoms with Crippen molar-refractivity contribution < 1.29 is 14.6 Å². The van der Waals surface area contributed by atoms with Gasteiger partial charge in [0.1, 0.15) is 17.1 Å². The van der Waals surface area contributed by atoms with Gasteiger partial charge in [-0.25, -0.2) is 4.79 Å². The van der Waals surface area contributed by atoms with Gasteiger partial charge in [0.05, 0.1) is 0 Å². The number of hydrogen-bond acceptors (Lipinski definition) is 5. The second-order valence-electron chi connectivity index (χ2n) is 4.43.